The van der Waals surface area contributed by atoms with Crippen molar-refractivity contribution in [1.29, 1.82) is 0 Å². The highest BCUT2D eigenvalue weighted by Gasteiger charge is 2.36. The summed E-state index contributed by atoms with van der Waals surface area (Å²) in [4.78, 5) is 43.2. The number of carbonyl (C=O) groups excluding carboxylic acids is 3. The Labute approximate surface area is 224 Å². The molecule has 0 saturated carbocycles. The first-order valence-electron chi connectivity index (χ1n) is 11.9. The molecule has 9 nitrogen and oxygen atoms in total. The lowest BCUT2D eigenvalue weighted by atomic mass is 10.1. The van der Waals surface area contributed by atoms with Crippen LogP contribution < -0.4 is 9.62 Å². The number of thioether (sulfide) groups is 1. The van der Waals surface area contributed by atoms with Gasteiger partial charge in [0.05, 0.1) is 15.5 Å². The molecule has 0 aliphatic carbocycles. The smallest absolute Gasteiger partial charge is 0.293 e. The van der Waals surface area contributed by atoms with E-state index < -0.39 is 27.1 Å². The Bertz CT molecular complexity index is 1560. The van der Waals surface area contributed by atoms with Crippen LogP contribution in [0, 0.1) is 0 Å². The van der Waals surface area contributed by atoms with Gasteiger partial charge in [0.1, 0.15) is 0 Å². The fourth-order valence-electron chi connectivity index (χ4n) is 4.50. The van der Waals surface area contributed by atoms with Crippen LogP contribution in [-0.4, -0.2) is 54.5 Å². The third kappa shape index (κ3) is 4.94. The van der Waals surface area contributed by atoms with E-state index in [1.54, 1.807) is 42.7 Å². The van der Waals surface area contributed by atoms with Crippen LogP contribution in [0.2, 0.25) is 0 Å². The third-order valence-corrected chi connectivity index (χ3v) is 9.11. The van der Waals surface area contributed by atoms with Gasteiger partial charge < -0.3 is 5.32 Å². The number of hydrogen-bond donors (Lipinski definition) is 1. The minimum atomic E-state index is -3.90. The van der Waals surface area contributed by atoms with Gasteiger partial charge in [-0.05, 0) is 72.6 Å². The summed E-state index contributed by atoms with van der Waals surface area (Å²) < 4.78 is 28.4. The van der Waals surface area contributed by atoms with E-state index in [9.17, 15) is 22.8 Å². The van der Waals surface area contributed by atoms with Crippen LogP contribution in [0.15, 0.2) is 82.9 Å². The number of imide groups is 1. The lowest BCUT2D eigenvalue weighted by Crippen LogP contribution is -2.37. The molecule has 3 amide bonds. The number of carbonyl (C=O) groups is 3. The minimum Gasteiger partial charge on any atom is -0.350 e. The van der Waals surface area contributed by atoms with Gasteiger partial charge in [0.15, 0.2) is 0 Å². The number of hydrogen-bond acceptors (Lipinski definition) is 7. The molecule has 3 aromatic rings. The topological polar surface area (TPSA) is 117 Å². The highest BCUT2D eigenvalue weighted by atomic mass is 32.2. The Morgan fingerprint density at radius 2 is 1.95 bits per heavy atom. The van der Waals surface area contributed by atoms with Crippen LogP contribution in [0.25, 0.3) is 6.08 Å². The molecule has 3 heterocycles. The molecule has 38 heavy (non-hydrogen) atoms. The lowest BCUT2D eigenvalue weighted by molar-refractivity contribution is -0.122. The summed E-state index contributed by atoms with van der Waals surface area (Å²) in [6.07, 6.45) is 5.41. The summed E-state index contributed by atoms with van der Waals surface area (Å²) in [7, 11) is -3.90. The van der Waals surface area contributed by atoms with Crippen molar-refractivity contribution in [2.45, 2.75) is 24.3 Å². The van der Waals surface area contributed by atoms with E-state index in [-0.39, 0.29) is 34.5 Å². The molecule has 2 aliphatic heterocycles. The van der Waals surface area contributed by atoms with E-state index in [0.717, 1.165) is 22.2 Å². The average molecular weight is 549 g/mol. The molecular weight excluding hydrogens is 524 g/mol. The fraction of sp³-hybridized carbons (Fsp3) is 0.185. The first kappa shape index (κ1) is 25.7. The number of para-hydroxylation sites is 1. The van der Waals surface area contributed by atoms with Crippen molar-refractivity contribution >= 4 is 50.6 Å². The summed E-state index contributed by atoms with van der Waals surface area (Å²) in [6, 6.07) is 16.5. The molecule has 1 fully saturated rings. The number of fused-ring (bicyclic) bond motifs is 1. The second-order valence-electron chi connectivity index (χ2n) is 8.89. The zero-order valence-corrected chi connectivity index (χ0v) is 22.0. The van der Waals surface area contributed by atoms with Gasteiger partial charge in [-0.1, -0.05) is 30.3 Å². The molecule has 194 valence electrons. The van der Waals surface area contributed by atoms with E-state index in [1.165, 1.54) is 28.6 Å². The Hall–Kier alpha value is -3.96. The summed E-state index contributed by atoms with van der Waals surface area (Å²) in [5.74, 6) is -0.944. The number of benzene rings is 2. The molecular formula is C27H24N4O5S2. The van der Waals surface area contributed by atoms with Gasteiger partial charge in [-0.2, -0.15) is 0 Å². The minimum absolute atomic E-state index is 0.0130. The highest BCUT2D eigenvalue weighted by molar-refractivity contribution is 8.18. The maximum atomic E-state index is 13.5. The molecule has 1 aromatic heterocycles. The van der Waals surface area contributed by atoms with Gasteiger partial charge in [-0.15, -0.1) is 0 Å². The maximum Gasteiger partial charge on any atom is 0.293 e. The van der Waals surface area contributed by atoms with Gasteiger partial charge in [-0.25, -0.2) is 8.42 Å². The maximum absolute atomic E-state index is 13.5. The zero-order valence-electron chi connectivity index (χ0n) is 20.4. The number of nitrogens with one attached hydrogen (secondary N) is 1. The van der Waals surface area contributed by atoms with E-state index in [4.69, 9.17) is 0 Å². The van der Waals surface area contributed by atoms with Crippen LogP contribution >= 0.6 is 11.8 Å². The van der Waals surface area contributed by atoms with Gasteiger partial charge in [0.25, 0.3) is 27.1 Å². The molecule has 2 aromatic carbocycles. The van der Waals surface area contributed by atoms with Crippen LogP contribution in [0.4, 0.5) is 10.5 Å². The van der Waals surface area contributed by atoms with Crippen LogP contribution in [0.5, 0.6) is 0 Å². The molecule has 1 atom stereocenters. The Balaban J connectivity index is 1.25. The predicted octanol–water partition coefficient (Wildman–Crippen LogP) is 3.69. The first-order chi connectivity index (χ1) is 18.3. The van der Waals surface area contributed by atoms with Crippen molar-refractivity contribution in [3.05, 3.63) is 94.7 Å². The second-order valence-corrected chi connectivity index (χ2v) is 11.7. The van der Waals surface area contributed by atoms with Crippen molar-refractivity contribution in [2.24, 2.45) is 0 Å². The molecule has 1 N–H and O–H groups in total. The van der Waals surface area contributed by atoms with E-state index >= 15 is 0 Å². The van der Waals surface area contributed by atoms with E-state index in [2.05, 4.69) is 10.3 Å². The van der Waals surface area contributed by atoms with Gasteiger partial charge in [0, 0.05) is 37.1 Å². The number of nitrogens with zero attached hydrogens (tertiary/aromatic N) is 3. The summed E-state index contributed by atoms with van der Waals surface area (Å²) >= 11 is 0.831. The number of anilines is 1. The monoisotopic (exact) mass is 548 g/mol. The first-order valence-corrected chi connectivity index (χ1v) is 14.2. The largest absolute Gasteiger partial charge is 0.350 e. The summed E-state index contributed by atoms with van der Waals surface area (Å²) in [6.45, 7) is 1.86. The number of pyridine rings is 1. The molecule has 11 heteroatoms. The number of rotatable bonds is 7. The molecule has 0 bridgehead atoms. The molecule has 0 radical (unpaired) electrons. The lowest BCUT2D eigenvalue weighted by Gasteiger charge is -2.24. The van der Waals surface area contributed by atoms with Crippen molar-refractivity contribution in [3.63, 3.8) is 0 Å². The van der Waals surface area contributed by atoms with E-state index in [0.29, 0.717) is 17.7 Å². The second kappa shape index (κ2) is 10.4. The van der Waals surface area contributed by atoms with Crippen LogP contribution in [0.1, 0.15) is 28.4 Å². The number of amides is 3. The quantitative estimate of drug-likeness (QED) is 0.448. The van der Waals surface area contributed by atoms with E-state index in [1.807, 2.05) is 19.1 Å². The van der Waals surface area contributed by atoms with Crippen molar-refractivity contribution in [2.75, 3.05) is 17.4 Å². The molecule has 5 rings (SSSR count). The zero-order chi connectivity index (χ0) is 26.9. The summed E-state index contributed by atoms with van der Waals surface area (Å²) in [5, 5.41) is 2.25. The fourth-order valence-corrected chi connectivity index (χ4v) is 7.11. The van der Waals surface area contributed by atoms with Crippen LogP contribution in [-0.2, 0) is 21.2 Å². The Kier molecular flexibility index (Phi) is 7.04. The normalized spacial score (nSPS) is 18.2. The highest BCUT2D eigenvalue weighted by Crippen LogP contribution is 2.36. The van der Waals surface area contributed by atoms with Crippen molar-refractivity contribution in [1.82, 2.24) is 15.2 Å². The molecule has 2 aliphatic rings. The average Bonchev–Trinajstić information content (AvgIpc) is 3.39. The van der Waals surface area contributed by atoms with Crippen molar-refractivity contribution in [3.8, 4) is 0 Å². The molecule has 1 saturated heterocycles. The molecule has 0 spiro atoms. The Morgan fingerprint density at radius 3 is 2.74 bits per heavy atom. The van der Waals surface area contributed by atoms with Crippen molar-refractivity contribution < 1.29 is 22.8 Å². The number of sulfonamides is 1. The molecule has 0 unspecified atom stereocenters. The van der Waals surface area contributed by atoms with Gasteiger partial charge in [-0.3, -0.25) is 28.6 Å². The Morgan fingerprint density at radius 1 is 1.13 bits per heavy atom. The van der Waals surface area contributed by atoms with Crippen LogP contribution in [0.3, 0.4) is 0 Å². The third-order valence-electron chi connectivity index (χ3n) is 6.27. The van der Waals surface area contributed by atoms with Gasteiger partial charge >= 0.3 is 0 Å². The predicted molar refractivity (Wildman–Crippen MR) is 145 cm³/mol. The van der Waals surface area contributed by atoms with Gasteiger partial charge in [0.2, 0.25) is 0 Å². The standard InChI is InChI=1S/C27H24N4O5S2/c1-18-14-20-7-2-3-10-23(20)31(18)38(35,36)22-9-4-8-21(16-22)25(32)29-12-13-30-26(33)24(37-27(30)34)15-19-6-5-11-28-17-19/h2-11,15-18H,12-14H2,1H3,(H,29,32)/b24-15+/t18-/m0/s1. The SMILES string of the molecule is C[C@H]1Cc2ccccc2N1S(=O)(=O)c1cccc(C(=O)NCCN2C(=O)S/C(=C/c3cccnc3)C2=O)c1. The number of aromatic nitrogens is 1. The summed E-state index contributed by atoms with van der Waals surface area (Å²) in [5.41, 5.74) is 2.47.